The minimum Gasteiger partial charge on any atom is -0.489 e. The van der Waals surface area contributed by atoms with Gasteiger partial charge in [-0.3, -0.25) is 0 Å². The zero-order valence-electron chi connectivity index (χ0n) is 9.83. The summed E-state index contributed by atoms with van der Waals surface area (Å²) in [5.41, 5.74) is 8.40. The van der Waals surface area contributed by atoms with Crippen LogP contribution in [0.4, 0.5) is 0 Å². The Bertz CT molecular complexity index is 393. The van der Waals surface area contributed by atoms with E-state index in [1.54, 1.807) is 0 Å². The van der Waals surface area contributed by atoms with Crippen molar-refractivity contribution in [1.82, 2.24) is 0 Å². The summed E-state index contributed by atoms with van der Waals surface area (Å²) in [6.45, 7) is 7.10. The zero-order chi connectivity index (χ0) is 11.6. The molecule has 0 aromatic heterocycles. The van der Waals surface area contributed by atoms with Gasteiger partial charge in [0.2, 0.25) is 0 Å². The summed E-state index contributed by atoms with van der Waals surface area (Å²) in [5.74, 6) is 0.917. The van der Waals surface area contributed by atoms with Crippen LogP contribution in [0.25, 0.3) is 0 Å². The van der Waals surface area contributed by atoms with Crippen LogP contribution < -0.4 is 10.5 Å². The van der Waals surface area contributed by atoms with Gasteiger partial charge in [-0.2, -0.15) is 0 Å². The lowest BCUT2D eigenvalue weighted by atomic mass is 9.96. The van der Waals surface area contributed by atoms with Gasteiger partial charge in [-0.15, -0.1) is 0 Å². The molecule has 86 valence electrons. The highest BCUT2D eigenvalue weighted by Gasteiger charge is 2.42. The molecule has 1 aromatic rings. The molecule has 2 nitrogen and oxygen atoms in total. The molecular weight excluding hydrogens is 198 g/mol. The van der Waals surface area contributed by atoms with Gasteiger partial charge in [-0.05, 0) is 43.0 Å². The molecule has 1 aromatic carbocycles. The summed E-state index contributed by atoms with van der Waals surface area (Å²) < 4.78 is 5.64. The van der Waals surface area contributed by atoms with Crippen LogP contribution in [0, 0.1) is 0 Å². The maximum absolute atomic E-state index is 5.82. The normalized spacial score (nSPS) is 16.9. The predicted octanol–water partition coefficient (Wildman–Crippen LogP) is 2.63. The van der Waals surface area contributed by atoms with E-state index in [1.165, 1.54) is 18.4 Å². The van der Waals surface area contributed by atoms with Crippen LogP contribution in [0.15, 0.2) is 36.4 Å². The summed E-state index contributed by atoms with van der Waals surface area (Å²) in [5, 5.41) is 0. The fourth-order valence-corrected chi connectivity index (χ4v) is 1.88. The number of rotatable bonds is 5. The summed E-state index contributed by atoms with van der Waals surface area (Å²) in [6.07, 6.45) is 2.40. The van der Waals surface area contributed by atoms with Crippen LogP contribution in [-0.2, 0) is 5.41 Å². The van der Waals surface area contributed by atoms with Crippen LogP contribution in [0.3, 0.4) is 0 Å². The molecule has 0 atom stereocenters. The van der Waals surface area contributed by atoms with Crippen molar-refractivity contribution in [3.05, 3.63) is 42.0 Å². The summed E-state index contributed by atoms with van der Waals surface area (Å²) in [4.78, 5) is 0. The van der Waals surface area contributed by atoms with Gasteiger partial charge in [-0.25, -0.2) is 0 Å². The Labute approximate surface area is 97.1 Å². The first-order valence-electron chi connectivity index (χ1n) is 5.74. The second kappa shape index (κ2) is 4.30. The van der Waals surface area contributed by atoms with Crippen molar-refractivity contribution >= 4 is 0 Å². The van der Waals surface area contributed by atoms with Gasteiger partial charge < -0.3 is 10.5 Å². The number of benzene rings is 1. The molecule has 1 fully saturated rings. The molecule has 0 spiro atoms. The van der Waals surface area contributed by atoms with Crippen LogP contribution in [0.1, 0.15) is 25.3 Å². The van der Waals surface area contributed by atoms with Gasteiger partial charge in [0.15, 0.2) is 0 Å². The smallest absolute Gasteiger partial charge is 0.120 e. The van der Waals surface area contributed by atoms with Gasteiger partial charge >= 0.3 is 0 Å². The summed E-state index contributed by atoms with van der Waals surface area (Å²) in [7, 11) is 0. The van der Waals surface area contributed by atoms with E-state index in [4.69, 9.17) is 10.5 Å². The van der Waals surface area contributed by atoms with E-state index in [0.717, 1.165) is 17.9 Å². The van der Waals surface area contributed by atoms with Crippen LogP contribution >= 0.6 is 0 Å². The summed E-state index contributed by atoms with van der Waals surface area (Å²) >= 11 is 0. The van der Waals surface area contributed by atoms with Gasteiger partial charge in [0, 0.05) is 12.0 Å². The largest absolute Gasteiger partial charge is 0.489 e. The van der Waals surface area contributed by atoms with Crippen molar-refractivity contribution in [3.8, 4) is 5.75 Å². The maximum Gasteiger partial charge on any atom is 0.120 e. The number of nitrogens with two attached hydrogens (primary N) is 1. The average molecular weight is 217 g/mol. The van der Waals surface area contributed by atoms with Crippen molar-refractivity contribution in [2.24, 2.45) is 5.73 Å². The van der Waals surface area contributed by atoms with Crippen molar-refractivity contribution in [2.75, 3.05) is 13.2 Å². The Morgan fingerprint density at radius 3 is 2.81 bits per heavy atom. The van der Waals surface area contributed by atoms with Gasteiger partial charge in [0.05, 0.1) is 0 Å². The van der Waals surface area contributed by atoms with Gasteiger partial charge in [-0.1, -0.05) is 18.7 Å². The first kappa shape index (κ1) is 11.2. The monoisotopic (exact) mass is 217 g/mol. The van der Waals surface area contributed by atoms with Crippen LogP contribution in [-0.4, -0.2) is 13.2 Å². The molecule has 0 unspecified atom stereocenters. The van der Waals surface area contributed by atoms with E-state index in [2.05, 4.69) is 18.7 Å². The average Bonchev–Trinajstić information content (AvgIpc) is 3.08. The molecule has 0 amide bonds. The third kappa shape index (κ3) is 2.27. The number of ether oxygens (including phenoxy) is 1. The fraction of sp³-hybridized carbons (Fsp3) is 0.429. The highest BCUT2D eigenvalue weighted by atomic mass is 16.5. The fourth-order valence-electron chi connectivity index (χ4n) is 1.88. The SMILES string of the molecule is C=C(C)COc1cccc(C2(CN)CC2)c1. The Morgan fingerprint density at radius 2 is 2.25 bits per heavy atom. The van der Waals surface area contributed by atoms with Crippen molar-refractivity contribution in [1.29, 1.82) is 0 Å². The first-order valence-corrected chi connectivity index (χ1v) is 5.74. The summed E-state index contributed by atoms with van der Waals surface area (Å²) in [6, 6.07) is 8.29. The molecular formula is C14H19NO. The topological polar surface area (TPSA) is 35.2 Å². The van der Waals surface area contributed by atoms with Crippen LogP contribution in [0.2, 0.25) is 0 Å². The molecule has 0 saturated heterocycles. The molecule has 2 N–H and O–H groups in total. The second-order valence-corrected chi connectivity index (χ2v) is 4.76. The zero-order valence-corrected chi connectivity index (χ0v) is 9.83. The molecule has 1 aliphatic carbocycles. The molecule has 0 aliphatic heterocycles. The molecule has 0 radical (unpaired) electrons. The maximum atomic E-state index is 5.82. The molecule has 2 heteroatoms. The third-order valence-corrected chi connectivity index (χ3v) is 3.18. The molecule has 2 rings (SSSR count). The lowest BCUT2D eigenvalue weighted by Gasteiger charge is -2.14. The highest BCUT2D eigenvalue weighted by molar-refractivity contribution is 5.38. The van der Waals surface area contributed by atoms with E-state index in [9.17, 15) is 0 Å². The van der Waals surface area contributed by atoms with Crippen molar-refractivity contribution in [2.45, 2.75) is 25.2 Å². The standard InChI is InChI=1S/C14H19NO/c1-11(2)9-16-13-5-3-4-12(8-13)14(10-15)6-7-14/h3-5,8H,1,6-7,9-10,15H2,2H3. The lowest BCUT2D eigenvalue weighted by Crippen LogP contribution is -2.19. The minimum atomic E-state index is 0.239. The van der Waals surface area contributed by atoms with E-state index < -0.39 is 0 Å². The van der Waals surface area contributed by atoms with E-state index in [0.29, 0.717) is 6.61 Å². The Balaban J connectivity index is 2.11. The van der Waals surface area contributed by atoms with Crippen LogP contribution in [0.5, 0.6) is 5.75 Å². The van der Waals surface area contributed by atoms with E-state index in [-0.39, 0.29) is 5.41 Å². The van der Waals surface area contributed by atoms with E-state index in [1.807, 2.05) is 19.1 Å². The Morgan fingerprint density at radius 1 is 1.50 bits per heavy atom. The third-order valence-electron chi connectivity index (χ3n) is 3.18. The molecule has 0 heterocycles. The lowest BCUT2D eigenvalue weighted by molar-refractivity contribution is 0.352. The minimum absolute atomic E-state index is 0.239. The quantitative estimate of drug-likeness (QED) is 0.769. The number of hydrogen-bond donors (Lipinski definition) is 1. The van der Waals surface area contributed by atoms with Gasteiger partial charge in [0.25, 0.3) is 0 Å². The molecule has 1 saturated carbocycles. The predicted molar refractivity (Wildman–Crippen MR) is 66.7 cm³/mol. The highest BCUT2D eigenvalue weighted by Crippen LogP contribution is 2.47. The van der Waals surface area contributed by atoms with Crippen molar-refractivity contribution in [3.63, 3.8) is 0 Å². The molecule has 0 bridgehead atoms. The Hall–Kier alpha value is -1.28. The van der Waals surface area contributed by atoms with E-state index >= 15 is 0 Å². The molecule has 1 aliphatic rings. The number of hydrogen-bond acceptors (Lipinski definition) is 2. The first-order chi connectivity index (χ1) is 7.66. The Kier molecular flexibility index (Phi) is 3.01. The molecule has 16 heavy (non-hydrogen) atoms. The second-order valence-electron chi connectivity index (χ2n) is 4.76. The van der Waals surface area contributed by atoms with Crippen molar-refractivity contribution < 1.29 is 4.74 Å². The van der Waals surface area contributed by atoms with Gasteiger partial charge in [0.1, 0.15) is 12.4 Å².